The van der Waals surface area contributed by atoms with Gasteiger partial charge >= 0.3 is 0 Å². The third-order valence-corrected chi connectivity index (χ3v) is 11.4. The summed E-state index contributed by atoms with van der Waals surface area (Å²) in [4.78, 5) is 29.0. The van der Waals surface area contributed by atoms with Crippen LogP contribution in [-0.4, -0.2) is 22.9 Å². The van der Waals surface area contributed by atoms with E-state index in [1.54, 1.807) is 24.3 Å². The van der Waals surface area contributed by atoms with Gasteiger partial charge < -0.3 is 10.4 Å². The summed E-state index contributed by atoms with van der Waals surface area (Å²) < 4.78 is 16.1. The van der Waals surface area contributed by atoms with Gasteiger partial charge in [0.1, 0.15) is 11.6 Å². The number of amides is 1. The van der Waals surface area contributed by atoms with Crippen molar-refractivity contribution in [3.8, 4) is 6.07 Å². The minimum absolute atomic E-state index is 0.0192. The molecule has 0 bridgehead atoms. The van der Waals surface area contributed by atoms with Crippen molar-refractivity contribution in [1.29, 1.82) is 5.26 Å². The molecule has 5 nitrogen and oxygen atoms in total. The fourth-order valence-electron chi connectivity index (χ4n) is 8.87. The standard InChI is InChI=1S/C34H38ClFN2O3/c1-32(2)12-14-33(15-13-32)18-24(28(40)17-20-6-9-22(39)10-7-20)29(23-4-3-5-26(35)30(23)36)34(33)25-11-8-21(19-37)16-27(25)38-31(34)41/h3-5,8,11,16,20,22,24,29,39H,6-7,9-10,12-15,17-18H2,1-2H3,(H,38,41)/t20?,22?,24-,29-,34+/m0/s1. The molecule has 216 valence electrons. The van der Waals surface area contributed by atoms with Gasteiger partial charge in [-0.25, -0.2) is 4.39 Å². The van der Waals surface area contributed by atoms with Gasteiger partial charge in [0.05, 0.1) is 28.2 Å². The number of aliphatic hydroxyl groups is 1. The molecule has 3 aliphatic carbocycles. The highest BCUT2D eigenvalue weighted by Crippen LogP contribution is 2.72. The van der Waals surface area contributed by atoms with Crippen molar-refractivity contribution in [2.24, 2.45) is 22.7 Å². The molecule has 2 spiro atoms. The number of halogens is 2. The minimum Gasteiger partial charge on any atom is -0.393 e. The van der Waals surface area contributed by atoms with Crippen molar-refractivity contribution < 1.29 is 19.1 Å². The normalized spacial score (nSPS) is 31.6. The number of nitriles is 1. The Morgan fingerprint density at radius 1 is 1.12 bits per heavy atom. The number of aliphatic hydroxyl groups excluding tert-OH is 1. The van der Waals surface area contributed by atoms with E-state index in [0.717, 1.165) is 44.1 Å². The van der Waals surface area contributed by atoms with Gasteiger partial charge in [0.15, 0.2) is 0 Å². The molecular weight excluding hydrogens is 539 g/mol. The van der Waals surface area contributed by atoms with Crippen molar-refractivity contribution >= 4 is 29.0 Å². The smallest absolute Gasteiger partial charge is 0.236 e. The summed E-state index contributed by atoms with van der Waals surface area (Å²) in [6.07, 6.45) is 6.85. The SMILES string of the molecule is CC1(C)CCC2(CC1)C[C@@H](C(=O)CC1CCC(O)CC1)[C@H](c1cccc(Cl)c1F)[C@]21C(=O)Nc2cc(C#N)ccc21. The third kappa shape index (κ3) is 4.43. The molecule has 7 heteroatoms. The number of carbonyl (C=O) groups is 2. The summed E-state index contributed by atoms with van der Waals surface area (Å²) >= 11 is 6.35. The van der Waals surface area contributed by atoms with Crippen LogP contribution >= 0.6 is 11.6 Å². The van der Waals surface area contributed by atoms with Crippen LogP contribution < -0.4 is 5.32 Å². The molecule has 3 saturated carbocycles. The number of benzene rings is 2. The molecule has 2 aromatic carbocycles. The summed E-state index contributed by atoms with van der Waals surface area (Å²) in [5.41, 5.74) is 0.508. The molecule has 1 heterocycles. The van der Waals surface area contributed by atoms with E-state index in [1.165, 1.54) is 6.07 Å². The van der Waals surface area contributed by atoms with Gasteiger partial charge in [-0.2, -0.15) is 5.26 Å². The number of nitrogens with zero attached hydrogens (tertiary/aromatic N) is 1. The molecule has 41 heavy (non-hydrogen) atoms. The van der Waals surface area contributed by atoms with Crippen LogP contribution in [0.3, 0.4) is 0 Å². The molecule has 4 aliphatic rings. The average Bonchev–Trinajstić information content (AvgIpc) is 3.41. The van der Waals surface area contributed by atoms with Crippen LogP contribution in [0, 0.1) is 39.8 Å². The van der Waals surface area contributed by atoms with Crippen LogP contribution in [0.1, 0.15) is 101 Å². The Kier molecular flexibility index (Phi) is 7.06. The topological polar surface area (TPSA) is 90.2 Å². The van der Waals surface area contributed by atoms with Crippen LogP contribution in [0.5, 0.6) is 0 Å². The summed E-state index contributed by atoms with van der Waals surface area (Å²) in [5.74, 6) is -1.80. The lowest BCUT2D eigenvalue weighted by molar-refractivity contribution is -0.127. The Hall–Kier alpha value is -2.75. The van der Waals surface area contributed by atoms with Crippen molar-refractivity contribution in [3.05, 3.63) is 63.9 Å². The number of carbonyl (C=O) groups excluding carboxylic acids is 2. The number of fused-ring (bicyclic) bond motifs is 3. The van der Waals surface area contributed by atoms with Crippen LogP contribution in [0.25, 0.3) is 0 Å². The molecule has 1 aliphatic heterocycles. The highest BCUT2D eigenvalue weighted by molar-refractivity contribution is 6.30. The zero-order chi connectivity index (χ0) is 29.2. The number of hydrogen-bond donors (Lipinski definition) is 2. The molecule has 0 unspecified atom stereocenters. The van der Waals surface area contributed by atoms with Gasteiger partial charge in [-0.3, -0.25) is 9.59 Å². The van der Waals surface area contributed by atoms with E-state index in [4.69, 9.17) is 11.6 Å². The first kappa shape index (κ1) is 28.4. The molecule has 1 amide bonds. The third-order valence-electron chi connectivity index (χ3n) is 11.1. The second kappa shape index (κ2) is 10.2. The first-order valence-electron chi connectivity index (χ1n) is 15.0. The second-order valence-electron chi connectivity index (χ2n) is 13.9. The molecule has 0 radical (unpaired) electrons. The van der Waals surface area contributed by atoms with Gasteiger partial charge in [0.25, 0.3) is 0 Å². The van der Waals surface area contributed by atoms with Gasteiger partial charge in [-0.05, 0) is 104 Å². The van der Waals surface area contributed by atoms with E-state index >= 15 is 4.39 Å². The lowest BCUT2D eigenvalue weighted by Crippen LogP contribution is -2.52. The number of ketones is 1. The Morgan fingerprint density at radius 2 is 1.83 bits per heavy atom. The highest BCUT2D eigenvalue weighted by Gasteiger charge is 2.72. The number of nitrogens with one attached hydrogen (secondary N) is 1. The van der Waals surface area contributed by atoms with Crippen molar-refractivity contribution in [1.82, 2.24) is 0 Å². The molecule has 6 rings (SSSR count). The first-order valence-corrected chi connectivity index (χ1v) is 15.4. The van der Waals surface area contributed by atoms with Crippen molar-refractivity contribution in [2.45, 2.75) is 95.5 Å². The molecule has 2 N–H and O–H groups in total. The van der Waals surface area contributed by atoms with E-state index in [2.05, 4.69) is 25.2 Å². The van der Waals surface area contributed by atoms with Gasteiger partial charge in [-0.1, -0.05) is 43.6 Å². The largest absolute Gasteiger partial charge is 0.393 e. The quantitative estimate of drug-likeness (QED) is 0.396. The monoisotopic (exact) mass is 576 g/mol. The highest BCUT2D eigenvalue weighted by atomic mass is 35.5. The summed E-state index contributed by atoms with van der Waals surface area (Å²) in [6.45, 7) is 4.50. The summed E-state index contributed by atoms with van der Waals surface area (Å²) in [5, 5.41) is 22.7. The van der Waals surface area contributed by atoms with Crippen LogP contribution in [0.4, 0.5) is 10.1 Å². The molecule has 2 aromatic rings. The van der Waals surface area contributed by atoms with E-state index < -0.39 is 28.5 Å². The van der Waals surface area contributed by atoms with E-state index in [9.17, 15) is 20.0 Å². The maximum Gasteiger partial charge on any atom is 0.236 e. The lowest BCUT2D eigenvalue weighted by atomic mass is 9.51. The van der Waals surface area contributed by atoms with Gasteiger partial charge in [0.2, 0.25) is 5.91 Å². The van der Waals surface area contributed by atoms with Crippen LogP contribution in [-0.2, 0) is 15.0 Å². The Labute approximate surface area is 246 Å². The average molecular weight is 577 g/mol. The van der Waals surface area contributed by atoms with Crippen molar-refractivity contribution in [3.63, 3.8) is 0 Å². The Bertz CT molecular complexity index is 1430. The number of hydrogen-bond acceptors (Lipinski definition) is 4. The second-order valence-corrected chi connectivity index (χ2v) is 14.3. The number of anilines is 1. The molecule has 3 atom stereocenters. The predicted molar refractivity (Wildman–Crippen MR) is 156 cm³/mol. The van der Waals surface area contributed by atoms with Gasteiger partial charge in [-0.15, -0.1) is 0 Å². The molecule has 3 fully saturated rings. The Balaban J connectivity index is 1.55. The number of Topliss-reactive ketones (excluding diaryl/α,β-unsaturated/α-hetero) is 1. The molecule has 0 aromatic heterocycles. The Morgan fingerprint density at radius 3 is 2.51 bits per heavy atom. The first-order chi connectivity index (χ1) is 19.5. The fourth-order valence-corrected chi connectivity index (χ4v) is 9.05. The summed E-state index contributed by atoms with van der Waals surface area (Å²) in [6, 6.07) is 12.4. The van der Waals surface area contributed by atoms with E-state index in [0.29, 0.717) is 42.5 Å². The zero-order valence-electron chi connectivity index (χ0n) is 23.8. The minimum atomic E-state index is -1.17. The van der Waals surface area contributed by atoms with Gasteiger partial charge in [0, 0.05) is 23.9 Å². The van der Waals surface area contributed by atoms with Crippen LogP contribution in [0.2, 0.25) is 5.02 Å². The zero-order valence-corrected chi connectivity index (χ0v) is 24.6. The molecule has 0 saturated heterocycles. The lowest BCUT2D eigenvalue weighted by Gasteiger charge is -2.51. The predicted octanol–water partition coefficient (Wildman–Crippen LogP) is 7.44. The van der Waals surface area contributed by atoms with E-state index in [1.807, 2.05) is 6.07 Å². The van der Waals surface area contributed by atoms with Crippen molar-refractivity contribution in [2.75, 3.05) is 5.32 Å². The molecular formula is C34H38ClFN2O3. The van der Waals surface area contributed by atoms with Crippen LogP contribution in [0.15, 0.2) is 36.4 Å². The summed E-state index contributed by atoms with van der Waals surface area (Å²) in [7, 11) is 0. The fraction of sp³-hybridized carbons (Fsp3) is 0.559. The van der Waals surface area contributed by atoms with E-state index in [-0.39, 0.29) is 34.1 Å². The maximum atomic E-state index is 16.1. The maximum absolute atomic E-state index is 16.1. The number of rotatable bonds is 4.